The Kier molecular flexibility index (Phi) is 4.24. The summed E-state index contributed by atoms with van der Waals surface area (Å²) in [6, 6.07) is 9.46. The molecule has 1 atom stereocenters. The Morgan fingerprint density at radius 1 is 1.18 bits per heavy atom. The highest BCUT2D eigenvalue weighted by Crippen LogP contribution is 2.17. The topological polar surface area (TPSA) is 61.2 Å². The molecule has 0 aliphatic carbocycles. The van der Waals surface area contributed by atoms with Gasteiger partial charge in [-0.1, -0.05) is 34.7 Å². The normalized spacial score (nSPS) is 12.8. The molecule has 1 unspecified atom stereocenters. The Labute approximate surface area is 110 Å². The summed E-state index contributed by atoms with van der Waals surface area (Å²) in [5.74, 6) is 0. The summed E-state index contributed by atoms with van der Waals surface area (Å²) in [5.41, 5.74) is 0.890. The van der Waals surface area contributed by atoms with Crippen LogP contribution in [0.3, 0.4) is 0 Å². The Balaban J connectivity index is 2.15. The maximum Gasteiger partial charge on any atom is 0.307 e. The average molecular weight is 310 g/mol. The van der Waals surface area contributed by atoms with Gasteiger partial charge in [0, 0.05) is 6.20 Å². The SMILES string of the molecule is [O-][S+](N=Cc1ccccc1)c1nccnc1Br. The van der Waals surface area contributed by atoms with E-state index in [1.165, 1.54) is 12.4 Å². The molecule has 17 heavy (non-hydrogen) atoms. The molecule has 0 fully saturated rings. The molecule has 4 nitrogen and oxygen atoms in total. The third kappa shape index (κ3) is 3.36. The van der Waals surface area contributed by atoms with Crippen molar-refractivity contribution in [2.45, 2.75) is 5.03 Å². The van der Waals surface area contributed by atoms with Crippen molar-refractivity contribution in [3.8, 4) is 0 Å². The van der Waals surface area contributed by atoms with E-state index in [-0.39, 0.29) is 0 Å². The minimum atomic E-state index is -1.55. The molecule has 0 amide bonds. The highest BCUT2D eigenvalue weighted by atomic mass is 79.9. The van der Waals surface area contributed by atoms with Crippen molar-refractivity contribution in [1.82, 2.24) is 9.97 Å². The Morgan fingerprint density at radius 2 is 1.88 bits per heavy atom. The zero-order valence-corrected chi connectivity index (χ0v) is 11.1. The van der Waals surface area contributed by atoms with Crippen molar-refractivity contribution >= 4 is 33.5 Å². The van der Waals surface area contributed by atoms with E-state index in [0.717, 1.165) is 5.56 Å². The number of hydrogen-bond donors (Lipinski definition) is 0. The van der Waals surface area contributed by atoms with E-state index in [9.17, 15) is 4.55 Å². The second-order valence-corrected chi connectivity index (χ2v) is 4.89. The molecule has 0 spiro atoms. The van der Waals surface area contributed by atoms with E-state index in [2.05, 4.69) is 30.3 Å². The molecular formula is C11H8BrN3OS. The first kappa shape index (κ1) is 12.2. The van der Waals surface area contributed by atoms with Crippen LogP contribution in [-0.4, -0.2) is 20.7 Å². The largest absolute Gasteiger partial charge is 0.585 e. The molecule has 6 heteroatoms. The predicted octanol–water partition coefficient (Wildman–Crippen LogP) is 2.38. The molecule has 1 heterocycles. The van der Waals surface area contributed by atoms with Crippen LogP contribution < -0.4 is 0 Å². The fraction of sp³-hybridized carbons (Fsp3) is 0. The standard InChI is InChI=1S/C11H8BrN3OS/c12-10-11(14-7-6-13-10)17(16)15-8-9-4-2-1-3-5-9/h1-8H. The van der Waals surface area contributed by atoms with Crippen molar-refractivity contribution in [3.05, 3.63) is 52.9 Å². The average Bonchev–Trinajstić information content (AvgIpc) is 2.38. The molecule has 1 aromatic carbocycles. The fourth-order valence-corrected chi connectivity index (χ4v) is 2.42. The lowest BCUT2D eigenvalue weighted by molar-refractivity contribution is 0.592. The van der Waals surface area contributed by atoms with Crippen LogP contribution in [0.15, 0.2) is 56.8 Å². The Bertz CT molecular complexity index is 521. The van der Waals surface area contributed by atoms with Crippen LogP contribution in [-0.2, 0) is 11.4 Å². The van der Waals surface area contributed by atoms with E-state index in [1.54, 1.807) is 6.21 Å². The molecule has 0 saturated carbocycles. The molecule has 0 aliphatic heterocycles. The number of rotatable bonds is 3. The van der Waals surface area contributed by atoms with E-state index >= 15 is 0 Å². The van der Waals surface area contributed by atoms with Gasteiger partial charge < -0.3 is 4.55 Å². The van der Waals surface area contributed by atoms with Crippen molar-refractivity contribution in [3.63, 3.8) is 0 Å². The molecule has 0 saturated heterocycles. The van der Waals surface area contributed by atoms with Gasteiger partial charge in [-0.25, -0.2) is 9.97 Å². The van der Waals surface area contributed by atoms with E-state index in [4.69, 9.17) is 0 Å². The van der Waals surface area contributed by atoms with Crippen LogP contribution in [0.4, 0.5) is 0 Å². The minimum absolute atomic E-state index is 0.319. The Hall–Kier alpha value is -1.24. The molecule has 1 aromatic heterocycles. The molecule has 0 aliphatic rings. The molecule has 86 valence electrons. The zero-order valence-electron chi connectivity index (χ0n) is 8.65. The van der Waals surface area contributed by atoms with E-state index in [1.807, 2.05) is 30.3 Å². The first-order valence-electron chi connectivity index (χ1n) is 4.75. The summed E-state index contributed by atoms with van der Waals surface area (Å²) < 4.78 is 16.2. The number of hydrogen-bond acceptors (Lipinski definition) is 4. The van der Waals surface area contributed by atoms with Gasteiger partial charge in [0.1, 0.15) is 0 Å². The number of benzene rings is 1. The number of nitrogens with zero attached hydrogens (tertiary/aromatic N) is 3. The highest BCUT2D eigenvalue weighted by Gasteiger charge is 2.16. The highest BCUT2D eigenvalue weighted by molar-refractivity contribution is 9.10. The lowest BCUT2D eigenvalue weighted by Gasteiger charge is -2.01. The number of aromatic nitrogens is 2. The summed E-state index contributed by atoms with van der Waals surface area (Å²) >= 11 is 1.64. The summed E-state index contributed by atoms with van der Waals surface area (Å²) in [4.78, 5) is 7.91. The van der Waals surface area contributed by atoms with Gasteiger partial charge in [0.05, 0.1) is 12.4 Å². The van der Waals surface area contributed by atoms with Gasteiger partial charge in [-0.2, -0.15) is 0 Å². The van der Waals surface area contributed by atoms with Gasteiger partial charge in [0.2, 0.25) is 0 Å². The predicted molar refractivity (Wildman–Crippen MR) is 70.2 cm³/mol. The van der Waals surface area contributed by atoms with E-state index < -0.39 is 11.4 Å². The maximum absolute atomic E-state index is 11.8. The first-order valence-corrected chi connectivity index (χ1v) is 6.65. The third-order valence-electron chi connectivity index (χ3n) is 1.89. The Morgan fingerprint density at radius 3 is 2.59 bits per heavy atom. The summed E-state index contributed by atoms with van der Waals surface area (Å²) in [6.07, 6.45) is 4.55. The molecule has 2 aromatic rings. The second kappa shape index (κ2) is 5.90. The second-order valence-electron chi connectivity index (χ2n) is 3.05. The van der Waals surface area contributed by atoms with Gasteiger partial charge >= 0.3 is 5.03 Å². The molecule has 2 rings (SSSR count). The number of halogens is 1. The summed E-state index contributed by atoms with van der Waals surface area (Å²) in [6.45, 7) is 0. The molecule has 0 bridgehead atoms. The van der Waals surface area contributed by atoms with E-state index in [0.29, 0.717) is 9.63 Å². The fourth-order valence-electron chi connectivity index (χ4n) is 1.12. The van der Waals surface area contributed by atoms with Crippen LogP contribution in [0.1, 0.15) is 5.56 Å². The molecule has 0 N–H and O–H groups in total. The van der Waals surface area contributed by atoms with Gasteiger partial charge in [0.25, 0.3) is 0 Å². The van der Waals surface area contributed by atoms with Crippen LogP contribution >= 0.6 is 15.9 Å². The summed E-state index contributed by atoms with van der Waals surface area (Å²) in [7, 11) is 0. The van der Waals surface area contributed by atoms with Crippen molar-refractivity contribution in [2.75, 3.05) is 0 Å². The molecule has 0 radical (unpaired) electrons. The van der Waals surface area contributed by atoms with Crippen molar-refractivity contribution in [2.24, 2.45) is 4.40 Å². The van der Waals surface area contributed by atoms with Crippen LogP contribution in [0.25, 0.3) is 0 Å². The monoisotopic (exact) mass is 309 g/mol. The van der Waals surface area contributed by atoms with Crippen molar-refractivity contribution < 1.29 is 4.55 Å². The van der Waals surface area contributed by atoms with Gasteiger partial charge in [0.15, 0.2) is 16.0 Å². The van der Waals surface area contributed by atoms with Crippen LogP contribution in [0.2, 0.25) is 0 Å². The molecular weight excluding hydrogens is 302 g/mol. The smallest absolute Gasteiger partial charge is 0.307 e. The zero-order chi connectivity index (χ0) is 12.1. The van der Waals surface area contributed by atoms with Gasteiger partial charge in [-0.05, 0) is 21.5 Å². The lowest BCUT2D eigenvalue weighted by Crippen LogP contribution is -2.02. The maximum atomic E-state index is 11.8. The quantitative estimate of drug-likeness (QED) is 0.646. The summed E-state index contributed by atoms with van der Waals surface area (Å²) in [5, 5.41) is 0.319. The van der Waals surface area contributed by atoms with Gasteiger partial charge in [-0.3, -0.25) is 0 Å². The van der Waals surface area contributed by atoms with Gasteiger partial charge in [-0.15, -0.1) is 0 Å². The first-order chi connectivity index (χ1) is 8.27. The van der Waals surface area contributed by atoms with Crippen LogP contribution in [0.5, 0.6) is 0 Å². The van der Waals surface area contributed by atoms with Crippen molar-refractivity contribution in [1.29, 1.82) is 0 Å². The third-order valence-corrected chi connectivity index (χ3v) is 3.65. The van der Waals surface area contributed by atoms with Crippen LogP contribution in [0, 0.1) is 0 Å². The lowest BCUT2D eigenvalue weighted by atomic mass is 10.2. The minimum Gasteiger partial charge on any atom is -0.585 e.